The Morgan fingerprint density at radius 1 is 0.611 bits per heavy atom. The summed E-state index contributed by atoms with van der Waals surface area (Å²) < 4.78 is 241. The van der Waals surface area contributed by atoms with Crippen molar-refractivity contribution in [2.24, 2.45) is 0 Å². The van der Waals surface area contributed by atoms with Crippen molar-refractivity contribution in [3.05, 3.63) is 0 Å². The fourth-order valence-corrected chi connectivity index (χ4v) is 2.34. The minimum Gasteiger partial charge on any atom is -0.316 e. The van der Waals surface area contributed by atoms with E-state index in [2.05, 4.69) is 4.74 Å². The first-order chi connectivity index (χ1) is 15.4. The van der Waals surface area contributed by atoms with Crippen LogP contribution in [0.5, 0.6) is 0 Å². The van der Waals surface area contributed by atoms with Gasteiger partial charge >= 0.3 is 41.9 Å². The zero-order valence-electron chi connectivity index (χ0n) is 17.3. The van der Waals surface area contributed by atoms with Crippen LogP contribution in [0, 0.1) is 0 Å². The van der Waals surface area contributed by atoms with E-state index in [0.29, 0.717) is 0 Å². The minimum absolute atomic E-state index is 0.817. The van der Waals surface area contributed by atoms with Gasteiger partial charge in [-0.2, -0.15) is 65.9 Å². The van der Waals surface area contributed by atoms with E-state index >= 15 is 0 Å². The minimum atomic E-state index is -6.99. The van der Waals surface area contributed by atoms with Crippen LogP contribution in [0.2, 0.25) is 0 Å². The van der Waals surface area contributed by atoms with Crippen LogP contribution < -0.4 is 0 Å². The first-order valence-electron chi connectivity index (χ1n) is 9.16. The number of hydrogen-bond donors (Lipinski definition) is 0. The fraction of sp³-hybridized carbons (Fsp3) is 1.00. The first-order valence-corrected chi connectivity index (χ1v) is 9.16. The molecule has 1 nitrogen and oxygen atoms in total. The monoisotopic (exact) mass is 584 g/mol. The van der Waals surface area contributed by atoms with Gasteiger partial charge in [0.05, 0.1) is 19.4 Å². The third-order valence-corrected chi connectivity index (χ3v) is 4.46. The van der Waals surface area contributed by atoms with Gasteiger partial charge in [0.2, 0.25) is 0 Å². The Kier molecular flexibility index (Phi) is 9.69. The predicted molar refractivity (Wildman–Crippen MR) is 80.3 cm³/mol. The molecule has 0 radical (unpaired) electrons. The van der Waals surface area contributed by atoms with Crippen molar-refractivity contribution in [3.63, 3.8) is 0 Å². The summed E-state index contributed by atoms with van der Waals surface area (Å²) in [6.07, 6.45) is -21.8. The summed E-state index contributed by atoms with van der Waals surface area (Å²) in [5.74, 6) is -40.5. The Hall–Kier alpha value is -1.37. The summed E-state index contributed by atoms with van der Waals surface area (Å²) in [6.45, 7) is -0.678. The molecule has 1 aliphatic rings. The summed E-state index contributed by atoms with van der Waals surface area (Å²) >= 11 is 0. The van der Waals surface area contributed by atoms with Gasteiger partial charge in [0, 0.05) is 12.8 Å². The molecule has 0 amide bonds. The van der Waals surface area contributed by atoms with Crippen LogP contribution in [-0.4, -0.2) is 60.3 Å². The molecule has 1 saturated heterocycles. The molecule has 0 aliphatic carbocycles. The lowest BCUT2D eigenvalue weighted by molar-refractivity contribution is -0.440. The van der Waals surface area contributed by atoms with Crippen LogP contribution in [0.3, 0.4) is 0 Å². The summed E-state index contributed by atoms with van der Waals surface area (Å²) in [6, 6.07) is 0. The summed E-state index contributed by atoms with van der Waals surface area (Å²) in [5, 5.41) is 0. The predicted octanol–water partition coefficient (Wildman–Crippen LogP) is 8.58. The van der Waals surface area contributed by atoms with Crippen LogP contribution >= 0.6 is 0 Å². The average Bonchev–Trinajstić information content (AvgIpc) is 2.62. The highest BCUT2D eigenvalue weighted by atomic mass is 19.4. The molecule has 0 aromatic rings. The Labute approximate surface area is 188 Å². The van der Waals surface area contributed by atoms with E-state index in [1.807, 2.05) is 0 Å². The third-order valence-electron chi connectivity index (χ3n) is 4.46. The molecule has 20 heteroatoms. The molecule has 218 valence electrons. The molecule has 1 rings (SSSR count). The van der Waals surface area contributed by atoms with Crippen LogP contribution in [0.1, 0.15) is 39.0 Å². The zero-order valence-corrected chi connectivity index (χ0v) is 17.3. The van der Waals surface area contributed by atoms with Gasteiger partial charge < -0.3 is 4.74 Å². The molecule has 0 bridgehead atoms. The molecule has 0 aromatic heterocycles. The average molecular weight is 584 g/mol. The third kappa shape index (κ3) is 7.14. The standard InChI is InChI=1S/C8H6F10O.C8H9F9/c9-4(10)2-1-3-19-8(17,18)7(15,16)6(13,14)5(4,11)12;1-2-5(9,10)3-6(11,12)4-7(13,14)8(15,16)17/h1-3H2;2-4H2,1H3. The quantitative estimate of drug-likeness (QED) is 0.295. The van der Waals surface area contributed by atoms with E-state index in [-0.39, 0.29) is 0 Å². The van der Waals surface area contributed by atoms with E-state index in [0.717, 1.165) is 6.92 Å². The lowest BCUT2D eigenvalue weighted by Gasteiger charge is -2.37. The van der Waals surface area contributed by atoms with E-state index < -0.39 is 92.5 Å². The molecule has 1 aliphatic heterocycles. The van der Waals surface area contributed by atoms with Crippen molar-refractivity contribution < 1.29 is 88.2 Å². The molecular formula is C16H15F19O. The van der Waals surface area contributed by atoms with E-state index in [4.69, 9.17) is 0 Å². The molecule has 1 heterocycles. The maximum atomic E-state index is 12.9. The second-order valence-corrected chi connectivity index (χ2v) is 7.52. The van der Waals surface area contributed by atoms with Crippen molar-refractivity contribution in [3.8, 4) is 0 Å². The molecule has 0 unspecified atom stereocenters. The highest BCUT2D eigenvalue weighted by Gasteiger charge is 2.87. The molecule has 1 fully saturated rings. The second kappa shape index (κ2) is 10.1. The largest absolute Gasteiger partial charge is 0.453 e. The number of hydrogen-bond acceptors (Lipinski definition) is 1. The Balaban J connectivity index is 0.000000686. The van der Waals surface area contributed by atoms with Crippen LogP contribution in [0.4, 0.5) is 83.4 Å². The number of ether oxygens (including phenoxy) is 1. The Morgan fingerprint density at radius 3 is 1.44 bits per heavy atom. The van der Waals surface area contributed by atoms with Gasteiger partial charge in [-0.25, -0.2) is 17.6 Å². The molecular weight excluding hydrogens is 569 g/mol. The maximum absolute atomic E-state index is 12.9. The lowest BCUT2D eigenvalue weighted by atomic mass is 9.96. The zero-order chi connectivity index (χ0) is 29.4. The lowest BCUT2D eigenvalue weighted by Crippen LogP contribution is -2.67. The van der Waals surface area contributed by atoms with Gasteiger partial charge in [0.25, 0.3) is 11.8 Å². The highest BCUT2D eigenvalue weighted by molar-refractivity contribution is 5.07. The number of halogens is 19. The SMILES string of the molecule is CCC(F)(F)CC(F)(F)CC(F)(F)C(F)(F)F.FC1(F)CCCOC(F)(F)C(F)(F)C(F)(F)C1(F)F. The van der Waals surface area contributed by atoms with Gasteiger partial charge in [0.1, 0.15) is 0 Å². The smallest absolute Gasteiger partial charge is 0.316 e. The summed E-state index contributed by atoms with van der Waals surface area (Å²) in [5.41, 5.74) is 0. The van der Waals surface area contributed by atoms with E-state index in [1.165, 1.54) is 0 Å². The van der Waals surface area contributed by atoms with Gasteiger partial charge in [-0.1, -0.05) is 6.92 Å². The highest BCUT2D eigenvalue weighted by Crippen LogP contribution is 2.58. The number of alkyl halides is 19. The van der Waals surface area contributed by atoms with Crippen molar-refractivity contribution in [1.29, 1.82) is 0 Å². The van der Waals surface area contributed by atoms with E-state index in [1.54, 1.807) is 0 Å². The topological polar surface area (TPSA) is 9.23 Å². The van der Waals surface area contributed by atoms with Gasteiger partial charge in [-0.05, 0) is 6.42 Å². The molecule has 0 spiro atoms. The molecule has 0 aromatic carbocycles. The number of rotatable bonds is 5. The van der Waals surface area contributed by atoms with Crippen LogP contribution in [0.15, 0.2) is 0 Å². The van der Waals surface area contributed by atoms with Crippen LogP contribution in [-0.2, 0) is 4.74 Å². The van der Waals surface area contributed by atoms with Crippen molar-refractivity contribution >= 4 is 0 Å². The van der Waals surface area contributed by atoms with E-state index in [9.17, 15) is 83.4 Å². The van der Waals surface area contributed by atoms with Crippen LogP contribution in [0.25, 0.3) is 0 Å². The maximum Gasteiger partial charge on any atom is 0.453 e. The van der Waals surface area contributed by atoms with Crippen molar-refractivity contribution in [2.75, 3.05) is 6.61 Å². The van der Waals surface area contributed by atoms with Crippen molar-refractivity contribution in [1.82, 2.24) is 0 Å². The Bertz CT molecular complexity index is 691. The summed E-state index contributed by atoms with van der Waals surface area (Å²) in [4.78, 5) is 0. The molecule has 0 N–H and O–H groups in total. The normalized spacial score (nSPS) is 24.0. The Morgan fingerprint density at radius 2 is 1.06 bits per heavy atom. The second-order valence-electron chi connectivity index (χ2n) is 7.52. The van der Waals surface area contributed by atoms with Gasteiger partial charge in [0.15, 0.2) is 0 Å². The molecule has 0 atom stereocenters. The first kappa shape index (κ1) is 34.6. The van der Waals surface area contributed by atoms with Gasteiger partial charge in [-0.3, -0.25) is 0 Å². The summed E-state index contributed by atoms with van der Waals surface area (Å²) in [7, 11) is 0. The molecule has 0 saturated carbocycles. The van der Waals surface area contributed by atoms with Gasteiger partial charge in [-0.15, -0.1) is 0 Å². The molecule has 36 heavy (non-hydrogen) atoms. The van der Waals surface area contributed by atoms with Crippen molar-refractivity contribution in [2.45, 2.75) is 92.8 Å². The fourth-order valence-electron chi connectivity index (χ4n) is 2.34.